The Morgan fingerprint density at radius 1 is 0.938 bits per heavy atom. The molecule has 2 aliphatic rings. The molecule has 3 heteroatoms. The molecule has 0 radical (unpaired) electrons. The maximum Gasteiger partial charge on any atom is 0.0861 e. The van der Waals surface area contributed by atoms with Crippen molar-refractivity contribution in [2.24, 2.45) is 5.41 Å². The molecule has 0 spiro atoms. The highest BCUT2D eigenvalue weighted by Gasteiger charge is 2.50. The van der Waals surface area contributed by atoms with Gasteiger partial charge in [0.05, 0.1) is 17.1 Å². The summed E-state index contributed by atoms with van der Waals surface area (Å²) in [5, 5.41) is 20.3. The highest BCUT2D eigenvalue weighted by Crippen LogP contribution is 2.48. The summed E-state index contributed by atoms with van der Waals surface area (Å²) in [5.74, 6) is 0. The molecule has 0 aromatic carbocycles. The third kappa shape index (κ3) is 1.97. The van der Waals surface area contributed by atoms with Gasteiger partial charge in [-0.25, -0.2) is 0 Å². The molecule has 0 aromatic heterocycles. The topological polar surface area (TPSA) is 53.2 Å². The van der Waals surface area contributed by atoms with Gasteiger partial charge >= 0.3 is 0 Å². The summed E-state index contributed by atoms with van der Waals surface area (Å²) in [6.07, 6.45) is 7.31. The van der Waals surface area contributed by atoms with Crippen LogP contribution in [0.4, 0.5) is 0 Å². The van der Waals surface area contributed by atoms with Crippen LogP contribution in [0.1, 0.15) is 51.4 Å². The van der Waals surface area contributed by atoms with Gasteiger partial charge in [-0.05, 0) is 25.7 Å². The highest BCUT2D eigenvalue weighted by molar-refractivity contribution is 5.12. The largest absolute Gasteiger partial charge is 0.388 e. The van der Waals surface area contributed by atoms with Crippen LogP contribution in [0.5, 0.6) is 0 Å². The van der Waals surface area contributed by atoms with E-state index in [0.717, 1.165) is 45.1 Å². The van der Waals surface area contributed by atoms with E-state index in [4.69, 9.17) is 4.74 Å². The van der Waals surface area contributed by atoms with E-state index >= 15 is 0 Å². The predicted molar refractivity (Wildman–Crippen MR) is 60.8 cm³/mol. The summed E-state index contributed by atoms with van der Waals surface area (Å²) in [6, 6.07) is 2.45. The van der Waals surface area contributed by atoms with E-state index in [9.17, 15) is 10.4 Å². The van der Waals surface area contributed by atoms with Gasteiger partial charge in [0.1, 0.15) is 0 Å². The van der Waals surface area contributed by atoms with Crippen LogP contribution in [0.3, 0.4) is 0 Å². The molecular formula is C13H21NO2. The zero-order valence-corrected chi connectivity index (χ0v) is 9.87. The van der Waals surface area contributed by atoms with Crippen LogP contribution < -0.4 is 0 Å². The van der Waals surface area contributed by atoms with Gasteiger partial charge in [-0.2, -0.15) is 5.26 Å². The fourth-order valence-corrected chi connectivity index (χ4v) is 3.25. The monoisotopic (exact) mass is 223 g/mol. The molecule has 2 fully saturated rings. The summed E-state index contributed by atoms with van der Waals surface area (Å²) in [6.45, 7) is 1.32. The number of hydrogen-bond donors (Lipinski definition) is 1. The van der Waals surface area contributed by atoms with Gasteiger partial charge in [0.2, 0.25) is 0 Å². The van der Waals surface area contributed by atoms with Crippen molar-refractivity contribution in [1.29, 1.82) is 5.26 Å². The molecule has 0 aromatic rings. The van der Waals surface area contributed by atoms with Crippen LogP contribution in [0.15, 0.2) is 0 Å². The lowest BCUT2D eigenvalue weighted by Crippen LogP contribution is -2.49. The van der Waals surface area contributed by atoms with Gasteiger partial charge in [-0.1, -0.05) is 19.3 Å². The Labute approximate surface area is 97.4 Å². The maximum absolute atomic E-state index is 10.8. The second kappa shape index (κ2) is 4.73. The van der Waals surface area contributed by atoms with E-state index in [-0.39, 0.29) is 0 Å². The first-order valence-electron chi connectivity index (χ1n) is 6.44. The summed E-state index contributed by atoms with van der Waals surface area (Å²) in [4.78, 5) is 0. The summed E-state index contributed by atoms with van der Waals surface area (Å²) >= 11 is 0. The molecule has 2 rings (SSSR count). The Bertz CT molecular complexity index is 268. The molecule has 3 nitrogen and oxygen atoms in total. The van der Waals surface area contributed by atoms with Crippen molar-refractivity contribution in [2.75, 3.05) is 13.2 Å². The molecule has 16 heavy (non-hydrogen) atoms. The van der Waals surface area contributed by atoms with Gasteiger partial charge in [0, 0.05) is 19.6 Å². The third-order valence-electron chi connectivity index (χ3n) is 4.35. The molecule has 1 saturated carbocycles. The lowest BCUT2D eigenvalue weighted by atomic mass is 9.61. The van der Waals surface area contributed by atoms with Gasteiger partial charge < -0.3 is 9.84 Å². The van der Waals surface area contributed by atoms with E-state index in [1.807, 2.05) is 0 Å². The van der Waals surface area contributed by atoms with Crippen molar-refractivity contribution >= 4 is 0 Å². The minimum absolute atomic E-state index is 0.501. The first kappa shape index (κ1) is 11.9. The van der Waals surface area contributed by atoms with Gasteiger partial charge in [0.25, 0.3) is 0 Å². The third-order valence-corrected chi connectivity index (χ3v) is 4.35. The molecule has 1 atom stereocenters. The number of ether oxygens (including phenoxy) is 1. The van der Waals surface area contributed by atoms with Gasteiger partial charge in [-0.3, -0.25) is 0 Å². The van der Waals surface area contributed by atoms with Crippen molar-refractivity contribution in [3.05, 3.63) is 0 Å². The van der Waals surface area contributed by atoms with Crippen molar-refractivity contribution in [3.63, 3.8) is 0 Å². The molecule has 1 N–H and O–H groups in total. The van der Waals surface area contributed by atoms with Crippen LogP contribution >= 0.6 is 0 Å². The average Bonchev–Trinajstić information content (AvgIpc) is 2.56. The fraction of sp³-hybridized carbons (Fsp3) is 0.923. The van der Waals surface area contributed by atoms with Crippen LogP contribution in [-0.2, 0) is 4.74 Å². The predicted octanol–water partition coefficient (Wildman–Crippen LogP) is 2.39. The normalized spacial score (nSPS) is 35.0. The molecule has 1 saturated heterocycles. The lowest BCUT2D eigenvalue weighted by Gasteiger charge is -2.44. The zero-order valence-electron chi connectivity index (χ0n) is 9.87. The summed E-state index contributed by atoms with van der Waals surface area (Å²) in [7, 11) is 0. The number of rotatable bonds is 1. The first-order valence-corrected chi connectivity index (χ1v) is 6.44. The minimum atomic E-state index is -0.807. The van der Waals surface area contributed by atoms with Crippen molar-refractivity contribution in [3.8, 4) is 6.07 Å². The van der Waals surface area contributed by atoms with Gasteiger partial charge in [-0.15, -0.1) is 0 Å². The number of hydrogen-bond acceptors (Lipinski definition) is 3. The molecular weight excluding hydrogens is 202 g/mol. The number of aliphatic hydroxyl groups is 1. The maximum atomic E-state index is 10.8. The number of nitrogens with zero attached hydrogens (tertiary/aromatic N) is 1. The Morgan fingerprint density at radius 3 is 2.38 bits per heavy atom. The minimum Gasteiger partial charge on any atom is -0.388 e. The Balaban J connectivity index is 2.20. The average molecular weight is 223 g/mol. The first-order chi connectivity index (χ1) is 7.72. The zero-order chi connectivity index (χ0) is 11.5. The molecule has 1 heterocycles. The van der Waals surface area contributed by atoms with E-state index in [0.29, 0.717) is 13.0 Å². The van der Waals surface area contributed by atoms with Crippen molar-refractivity contribution < 1.29 is 9.84 Å². The Hall–Kier alpha value is -0.590. The molecule has 1 aliphatic heterocycles. The quantitative estimate of drug-likeness (QED) is 0.742. The fourth-order valence-electron chi connectivity index (χ4n) is 3.25. The lowest BCUT2D eigenvalue weighted by molar-refractivity contribution is -0.0850. The Kier molecular flexibility index (Phi) is 3.51. The van der Waals surface area contributed by atoms with E-state index in [1.54, 1.807) is 0 Å². The van der Waals surface area contributed by atoms with E-state index < -0.39 is 11.0 Å². The van der Waals surface area contributed by atoms with Crippen molar-refractivity contribution in [1.82, 2.24) is 0 Å². The Morgan fingerprint density at radius 2 is 1.69 bits per heavy atom. The second-order valence-electron chi connectivity index (χ2n) is 5.25. The van der Waals surface area contributed by atoms with Gasteiger partial charge in [0.15, 0.2) is 0 Å². The standard InChI is InChI=1S/C13H21NO2/c14-11-12(5-2-1-3-6-12)13(15)7-4-9-16-10-8-13/h15H,1-10H2. The van der Waals surface area contributed by atoms with Crippen LogP contribution in [0, 0.1) is 16.7 Å². The van der Waals surface area contributed by atoms with Crippen molar-refractivity contribution in [2.45, 2.75) is 57.0 Å². The number of nitriles is 1. The van der Waals surface area contributed by atoms with E-state index in [1.165, 1.54) is 6.42 Å². The molecule has 0 amide bonds. The van der Waals surface area contributed by atoms with E-state index in [2.05, 4.69) is 6.07 Å². The molecule has 90 valence electrons. The molecule has 0 bridgehead atoms. The smallest absolute Gasteiger partial charge is 0.0861 e. The van der Waals surface area contributed by atoms with Crippen LogP contribution in [-0.4, -0.2) is 23.9 Å². The summed E-state index contributed by atoms with van der Waals surface area (Å²) in [5.41, 5.74) is -1.31. The van der Waals surface area contributed by atoms with Crippen LogP contribution in [0.2, 0.25) is 0 Å². The summed E-state index contributed by atoms with van der Waals surface area (Å²) < 4.78 is 5.40. The SMILES string of the molecule is N#CC1(C2(O)CCCOCC2)CCCCC1. The molecule has 1 aliphatic carbocycles. The highest BCUT2D eigenvalue weighted by atomic mass is 16.5. The second-order valence-corrected chi connectivity index (χ2v) is 5.25. The van der Waals surface area contributed by atoms with Crippen LogP contribution in [0.25, 0.3) is 0 Å². The molecule has 1 unspecified atom stereocenters.